The summed E-state index contributed by atoms with van der Waals surface area (Å²) in [5, 5.41) is 19.5. The van der Waals surface area contributed by atoms with Crippen LogP contribution in [0.2, 0.25) is 25.7 Å². The lowest BCUT2D eigenvalue weighted by atomic mass is 10.1. The van der Waals surface area contributed by atoms with Crippen molar-refractivity contribution in [1.82, 2.24) is 34.7 Å². The molecule has 3 atom stereocenters. The Bertz CT molecular complexity index is 1630. The van der Waals surface area contributed by atoms with E-state index in [0.717, 1.165) is 46.1 Å². The molecule has 2 saturated heterocycles. The zero-order valence-electron chi connectivity index (χ0n) is 27.3. The van der Waals surface area contributed by atoms with Crippen molar-refractivity contribution in [2.24, 2.45) is 0 Å². The minimum Gasteiger partial charge on any atom is -0.444 e. The summed E-state index contributed by atoms with van der Waals surface area (Å²) in [5.74, 6) is 0.733. The van der Waals surface area contributed by atoms with Gasteiger partial charge in [-0.05, 0) is 63.6 Å². The van der Waals surface area contributed by atoms with Crippen molar-refractivity contribution >= 4 is 30.9 Å². The third kappa shape index (κ3) is 6.61. The first-order chi connectivity index (χ1) is 21.4. The molecule has 45 heavy (non-hydrogen) atoms. The van der Waals surface area contributed by atoms with Crippen LogP contribution in [-0.4, -0.2) is 99.4 Å². The van der Waals surface area contributed by atoms with Crippen LogP contribution in [0.4, 0.5) is 10.6 Å². The Balaban J connectivity index is 1.25. The molecule has 0 aliphatic carbocycles. The summed E-state index contributed by atoms with van der Waals surface area (Å²) in [6, 6.07) is 10.9. The molecule has 0 radical (unpaired) electrons. The fourth-order valence-electron chi connectivity index (χ4n) is 6.14. The number of morpholine rings is 1. The van der Waals surface area contributed by atoms with Crippen LogP contribution in [0, 0.1) is 0 Å². The number of hydrogen-bond acceptors (Lipinski definition) is 9. The number of aromatic nitrogens is 6. The molecule has 4 aromatic rings. The Labute approximate surface area is 265 Å². The first kappa shape index (κ1) is 31.2. The molecule has 1 amide bonds. The molecule has 2 bridgehead atoms. The molecule has 2 aliphatic rings. The van der Waals surface area contributed by atoms with E-state index in [-0.39, 0.29) is 24.2 Å². The van der Waals surface area contributed by atoms with E-state index < -0.39 is 13.7 Å². The van der Waals surface area contributed by atoms with Gasteiger partial charge in [-0.2, -0.15) is 10.2 Å². The first-order valence-electron chi connectivity index (χ1n) is 15.6. The highest BCUT2D eigenvalue weighted by atomic mass is 28.3. The van der Waals surface area contributed by atoms with E-state index >= 15 is 0 Å². The number of likely N-dealkylation sites (N-methyl/N-ethyl adjacent to an activating group) is 1. The summed E-state index contributed by atoms with van der Waals surface area (Å²) in [5.41, 5.74) is 2.95. The van der Waals surface area contributed by atoms with Gasteiger partial charge in [0.25, 0.3) is 0 Å². The second-order valence-corrected chi connectivity index (χ2v) is 19.8. The van der Waals surface area contributed by atoms with Gasteiger partial charge in [-0.15, -0.1) is 10.2 Å². The van der Waals surface area contributed by atoms with Crippen molar-refractivity contribution in [1.29, 1.82) is 0 Å². The van der Waals surface area contributed by atoms with Crippen LogP contribution in [0.15, 0.2) is 48.9 Å². The van der Waals surface area contributed by atoms with E-state index in [1.54, 1.807) is 6.20 Å². The van der Waals surface area contributed by atoms with Crippen molar-refractivity contribution in [3.63, 3.8) is 0 Å². The highest BCUT2D eigenvalue weighted by Gasteiger charge is 2.50. The monoisotopic (exact) mass is 632 g/mol. The second-order valence-electron chi connectivity index (χ2n) is 14.2. The Morgan fingerprint density at radius 3 is 2.62 bits per heavy atom. The molecule has 3 aromatic heterocycles. The minimum absolute atomic E-state index is 0.0316. The van der Waals surface area contributed by atoms with E-state index in [0.29, 0.717) is 26.6 Å². The maximum Gasteiger partial charge on any atom is 0.411 e. The van der Waals surface area contributed by atoms with Crippen LogP contribution < -0.4 is 4.90 Å². The molecule has 1 aromatic carbocycles. The van der Waals surface area contributed by atoms with Crippen molar-refractivity contribution in [2.75, 3.05) is 31.8 Å². The van der Waals surface area contributed by atoms with E-state index in [2.05, 4.69) is 39.8 Å². The lowest BCUT2D eigenvalue weighted by Crippen LogP contribution is -2.54. The number of benzene rings is 1. The smallest absolute Gasteiger partial charge is 0.411 e. The molecular weight excluding hydrogens is 588 g/mol. The molecule has 0 N–H and O–H groups in total. The van der Waals surface area contributed by atoms with Crippen molar-refractivity contribution in [2.45, 2.75) is 83.3 Å². The maximum absolute atomic E-state index is 13.1. The number of fused-ring (bicyclic) bond motifs is 3. The zero-order valence-corrected chi connectivity index (χ0v) is 28.3. The van der Waals surface area contributed by atoms with Gasteiger partial charge in [-0.25, -0.2) is 14.2 Å². The summed E-state index contributed by atoms with van der Waals surface area (Å²) in [7, 11) is 0.803. The van der Waals surface area contributed by atoms with Crippen molar-refractivity contribution in [3.05, 3.63) is 48.9 Å². The molecule has 6 rings (SSSR count). The van der Waals surface area contributed by atoms with E-state index in [1.807, 2.05) is 84.8 Å². The third-order valence-corrected chi connectivity index (χ3v) is 10.1. The number of nitrogens with zero attached hydrogens (tertiary/aromatic N) is 8. The highest BCUT2D eigenvalue weighted by Crippen LogP contribution is 2.36. The van der Waals surface area contributed by atoms with Gasteiger partial charge >= 0.3 is 6.09 Å². The fraction of sp³-hybridized carbons (Fsp3) is 0.531. The predicted octanol–water partition coefficient (Wildman–Crippen LogP) is 5.20. The largest absolute Gasteiger partial charge is 0.444 e. The molecule has 0 spiro atoms. The molecule has 13 heteroatoms. The van der Waals surface area contributed by atoms with E-state index in [4.69, 9.17) is 19.3 Å². The zero-order chi connectivity index (χ0) is 31.9. The van der Waals surface area contributed by atoms with Gasteiger partial charge in [0, 0.05) is 45.1 Å². The molecule has 12 nitrogen and oxygen atoms in total. The van der Waals surface area contributed by atoms with Gasteiger partial charge in [0.1, 0.15) is 12.3 Å². The number of ether oxygens (including phenoxy) is 3. The van der Waals surface area contributed by atoms with Gasteiger partial charge in [0.2, 0.25) is 0 Å². The van der Waals surface area contributed by atoms with Crippen LogP contribution in [0.1, 0.15) is 27.2 Å². The molecule has 2 aliphatic heterocycles. The third-order valence-electron chi connectivity index (χ3n) is 8.44. The van der Waals surface area contributed by atoms with Crippen LogP contribution in [0.25, 0.3) is 27.8 Å². The topological polar surface area (TPSA) is 113 Å². The van der Waals surface area contributed by atoms with E-state index in [1.165, 1.54) is 0 Å². The van der Waals surface area contributed by atoms with Gasteiger partial charge in [-0.3, -0.25) is 4.90 Å². The number of rotatable bonds is 9. The average Bonchev–Trinajstić information content (AvgIpc) is 3.71. The lowest BCUT2D eigenvalue weighted by Gasteiger charge is -2.38. The summed E-state index contributed by atoms with van der Waals surface area (Å²) < 4.78 is 21.4. The van der Waals surface area contributed by atoms with Gasteiger partial charge in [-0.1, -0.05) is 19.6 Å². The normalized spacial score (nSPS) is 20.2. The SMILES string of the molecule is CN(c1ccc(-c2ccc(-n3cccn3)c3c2cnn3COCC[Si](C)(C)C)nn1)[C@H]1C[C@@H]2COC[C@H]1N2C(=O)OC(C)(C)C. The van der Waals surface area contributed by atoms with E-state index in [9.17, 15) is 4.79 Å². The average molecular weight is 633 g/mol. The lowest BCUT2D eigenvalue weighted by molar-refractivity contribution is -0.0380. The standard InChI is InChI=1S/C32H44N8O4Si/c1-32(2,3)44-31(41)40-22-17-27(28(40)20-43-19-22)37(4)29-12-10-25(35-36-29)23-9-11-26(38-14-8-13-33-38)30-24(23)18-34-39(30)21-42-15-16-45(5,6)7/h8-14,18,22,27-28H,15-17,19-21H2,1-7H3/t22-,27+,28-/m1/s1. The second kappa shape index (κ2) is 12.2. The summed E-state index contributed by atoms with van der Waals surface area (Å²) >= 11 is 0. The quantitative estimate of drug-likeness (QED) is 0.181. The van der Waals surface area contributed by atoms with Crippen molar-refractivity contribution < 1.29 is 19.0 Å². The Morgan fingerprint density at radius 1 is 1.11 bits per heavy atom. The molecule has 0 unspecified atom stereocenters. The summed E-state index contributed by atoms with van der Waals surface area (Å²) in [6.45, 7) is 14.7. The number of carbonyl (C=O) groups excluding carboxylic acids is 1. The fourth-order valence-corrected chi connectivity index (χ4v) is 6.90. The molecule has 5 heterocycles. The summed E-state index contributed by atoms with van der Waals surface area (Å²) in [4.78, 5) is 17.1. The number of anilines is 1. The number of carbonyl (C=O) groups is 1. The predicted molar refractivity (Wildman–Crippen MR) is 175 cm³/mol. The molecular formula is C32H44N8O4Si. The van der Waals surface area contributed by atoms with Gasteiger partial charge in [0.15, 0.2) is 5.82 Å². The van der Waals surface area contributed by atoms with Crippen LogP contribution >= 0.6 is 0 Å². The van der Waals surface area contributed by atoms with Crippen LogP contribution in [-0.2, 0) is 20.9 Å². The Hall–Kier alpha value is -3.81. The Kier molecular flexibility index (Phi) is 8.44. The van der Waals surface area contributed by atoms with Gasteiger partial charge < -0.3 is 19.1 Å². The highest BCUT2D eigenvalue weighted by molar-refractivity contribution is 6.76. The Morgan fingerprint density at radius 2 is 1.93 bits per heavy atom. The first-order valence-corrected chi connectivity index (χ1v) is 19.3. The van der Waals surface area contributed by atoms with Crippen LogP contribution in [0.5, 0.6) is 0 Å². The molecule has 2 fully saturated rings. The summed E-state index contributed by atoms with van der Waals surface area (Å²) in [6.07, 6.45) is 6.05. The molecule has 240 valence electrons. The van der Waals surface area contributed by atoms with Crippen LogP contribution in [0.3, 0.4) is 0 Å². The van der Waals surface area contributed by atoms with Crippen molar-refractivity contribution in [3.8, 4) is 16.9 Å². The van der Waals surface area contributed by atoms with Gasteiger partial charge in [0.05, 0.1) is 54.4 Å². The maximum atomic E-state index is 13.1. The number of amides is 1. The minimum atomic E-state index is -1.20. The number of hydrogen-bond donors (Lipinski definition) is 0. The molecule has 0 saturated carbocycles.